The van der Waals surface area contributed by atoms with Gasteiger partial charge in [-0.2, -0.15) is 0 Å². The van der Waals surface area contributed by atoms with Gasteiger partial charge < -0.3 is 10.1 Å². The van der Waals surface area contributed by atoms with Crippen LogP contribution in [0.2, 0.25) is 5.02 Å². The van der Waals surface area contributed by atoms with Gasteiger partial charge in [-0.15, -0.1) is 0 Å². The van der Waals surface area contributed by atoms with E-state index >= 15 is 0 Å². The fourth-order valence-corrected chi connectivity index (χ4v) is 2.75. The monoisotopic (exact) mass is 409 g/mol. The van der Waals surface area contributed by atoms with Gasteiger partial charge >= 0.3 is 0 Å². The molecule has 0 saturated carbocycles. The molecule has 8 heteroatoms. The molecule has 3 rings (SSSR count). The van der Waals surface area contributed by atoms with Gasteiger partial charge in [0.1, 0.15) is 11.1 Å². The molecule has 2 aromatic rings. The number of anilines is 2. The molecule has 0 fully saturated rings. The second-order valence-electron chi connectivity index (χ2n) is 5.23. The Kier molecular flexibility index (Phi) is 4.73. The van der Waals surface area contributed by atoms with E-state index in [1.807, 2.05) is 13.0 Å². The van der Waals surface area contributed by atoms with Crippen LogP contribution in [0.25, 0.3) is 0 Å². The number of hydrogen-bond acceptors (Lipinski definition) is 4. The molecule has 2 amide bonds. The molecule has 6 nitrogen and oxygen atoms in total. The highest BCUT2D eigenvalue weighted by atomic mass is 79.9. The molecule has 124 valence electrons. The summed E-state index contributed by atoms with van der Waals surface area (Å²) in [6.07, 6.45) is 0. The van der Waals surface area contributed by atoms with Crippen LogP contribution in [0.3, 0.4) is 0 Å². The highest BCUT2D eigenvalue weighted by molar-refractivity contribution is 9.10. The predicted octanol–water partition coefficient (Wildman–Crippen LogP) is 3.17. The maximum Gasteiger partial charge on any atom is 0.266 e. The van der Waals surface area contributed by atoms with E-state index in [0.29, 0.717) is 26.9 Å². The zero-order chi connectivity index (χ0) is 17.3. The topological polar surface area (TPSA) is 71.5 Å². The van der Waals surface area contributed by atoms with Crippen molar-refractivity contribution in [3.63, 3.8) is 0 Å². The van der Waals surface area contributed by atoms with Crippen LogP contribution in [0.5, 0.6) is 5.75 Å². The van der Waals surface area contributed by atoms with Crippen molar-refractivity contribution >= 4 is 50.9 Å². The molecule has 1 aromatic heterocycles. The zero-order valence-corrected chi connectivity index (χ0v) is 15.0. The standard InChI is InChI=1S/C16H13BrClN3O3/c1-9-2-3-10(18)6-11(9)19-14(22)7-21-15(23)8-24-12-4-5-13(17)20-16(12)21/h2-6H,7-8H2,1H3,(H,19,22). The number of halogens is 2. The average molecular weight is 411 g/mol. The number of carbonyl (C=O) groups excluding carboxylic acids is 2. The van der Waals surface area contributed by atoms with E-state index in [2.05, 4.69) is 26.2 Å². The minimum Gasteiger partial charge on any atom is -0.480 e. The van der Waals surface area contributed by atoms with Crippen LogP contribution in [-0.4, -0.2) is 29.9 Å². The number of aryl methyl sites for hydroxylation is 1. The number of fused-ring (bicyclic) bond motifs is 1. The third-order valence-corrected chi connectivity index (χ3v) is 4.17. The smallest absolute Gasteiger partial charge is 0.266 e. The van der Waals surface area contributed by atoms with Crippen LogP contribution in [-0.2, 0) is 9.59 Å². The Labute approximate surface area is 151 Å². The van der Waals surface area contributed by atoms with Crippen LogP contribution in [0.15, 0.2) is 34.9 Å². The Morgan fingerprint density at radius 2 is 2.21 bits per heavy atom. The number of ether oxygens (including phenoxy) is 1. The summed E-state index contributed by atoms with van der Waals surface area (Å²) in [5, 5.41) is 3.29. The average Bonchev–Trinajstić information content (AvgIpc) is 2.54. The van der Waals surface area contributed by atoms with Crippen molar-refractivity contribution in [2.75, 3.05) is 23.4 Å². The molecule has 1 aromatic carbocycles. The Hall–Kier alpha value is -2.12. The van der Waals surface area contributed by atoms with Crippen molar-refractivity contribution in [2.45, 2.75) is 6.92 Å². The number of rotatable bonds is 3. The number of pyridine rings is 1. The van der Waals surface area contributed by atoms with Gasteiger partial charge in [0.25, 0.3) is 5.91 Å². The molecular weight excluding hydrogens is 398 g/mol. The number of amides is 2. The van der Waals surface area contributed by atoms with E-state index in [1.54, 1.807) is 24.3 Å². The van der Waals surface area contributed by atoms with Gasteiger partial charge in [0.2, 0.25) is 5.91 Å². The first-order valence-electron chi connectivity index (χ1n) is 7.10. The Balaban J connectivity index is 1.80. The fraction of sp³-hybridized carbons (Fsp3) is 0.188. The second-order valence-corrected chi connectivity index (χ2v) is 6.48. The van der Waals surface area contributed by atoms with Gasteiger partial charge in [0, 0.05) is 10.7 Å². The van der Waals surface area contributed by atoms with Crippen LogP contribution in [0, 0.1) is 6.92 Å². The lowest BCUT2D eigenvalue weighted by molar-refractivity contribution is -0.123. The third kappa shape index (κ3) is 3.52. The fourth-order valence-electron chi connectivity index (χ4n) is 2.28. The van der Waals surface area contributed by atoms with Crippen molar-refractivity contribution in [1.82, 2.24) is 4.98 Å². The van der Waals surface area contributed by atoms with Crippen molar-refractivity contribution in [3.05, 3.63) is 45.5 Å². The van der Waals surface area contributed by atoms with E-state index in [-0.39, 0.29) is 25.0 Å². The summed E-state index contributed by atoms with van der Waals surface area (Å²) in [4.78, 5) is 30.0. The van der Waals surface area contributed by atoms with E-state index in [0.717, 1.165) is 5.56 Å². The van der Waals surface area contributed by atoms with Gasteiger partial charge in [-0.1, -0.05) is 17.7 Å². The van der Waals surface area contributed by atoms with Gasteiger partial charge in [0.15, 0.2) is 18.2 Å². The lowest BCUT2D eigenvalue weighted by atomic mass is 10.2. The quantitative estimate of drug-likeness (QED) is 0.789. The molecule has 0 atom stereocenters. The number of hydrogen-bond donors (Lipinski definition) is 1. The van der Waals surface area contributed by atoms with E-state index < -0.39 is 0 Å². The van der Waals surface area contributed by atoms with Gasteiger partial charge in [-0.3, -0.25) is 14.5 Å². The summed E-state index contributed by atoms with van der Waals surface area (Å²) in [6.45, 7) is 1.57. The number of aromatic nitrogens is 1. The van der Waals surface area contributed by atoms with Crippen LogP contribution < -0.4 is 15.0 Å². The molecule has 0 spiro atoms. The molecule has 1 aliphatic rings. The first-order chi connectivity index (χ1) is 11.4. The van der Waals surface area contributed by atoms with Gasteiger partial charge in [0.05, 0.1) is 0 Å². The minimum absolute atomic E-state index is 0.125. The highest BCUT2D eigenvalue weighted by Gasteiger charge is 2.29. The predicted molar refractivity (Wildman–Crippen MR) is 94.6 cm³/mol. The molecule has 0 bridgehead atoms. The SMILES string of the molecule is Cc1ccc(Cl)cc1NC(=O)CN1C(=O)COc2ccc(Br)nc21. The van der Waals surface area contributed by atoms with Crippen LogP contribution in [0.1, 0.15) is 5.56 Å². The van der Waals surface area contributed by atoms with Crippen molar-refractivity contribution in [2.24, 2.45) is 0 Å². The molecule has 24 heavy (non-hydrogen) atoms. The Morgan fingerprint density at radius 3 is 3.00 bits per heavy atom. The summed E-state index contributed by atoms with van der Waals surface area (Å²) < 4.78 is 5.88. The summed E-state index contributed by atoms with van der Waals surface area (Å²) >= 11 is 9.21. The van der Waals surface area contributed by atoms with Crippen molar-refractivity contribution < 1.29 is 14.3 Å². The molecule has 0 saturated heterocycles. The number of nitrogens with one attached hydrogen (secondary N) is 1. The van der Waals surface area contributed by atoms with Crippen molar-refractivity contribution in [1.29, 1.82) is 0 Å². The first kappa shape index (κ1) is 16.7. The maximum absolute atomic E-state index is 12.4. The lowest BCUT2D eigenvalue weighted by Crippen LogP contribution is -2.44. The van der Waals surface area contributed by atoms with Crippen LogP contribution >= 0.6 is 27.5 Å². The van der Waals surface area contributed by atoms with Crippen LogP contribution in [0.4, 0.5) is 11.5 Å². The maximum atomic E-state index is 12.4. The number of benzene rings is 1. The number of nitrogens with zero attached hydrogens (tertiary/aromatic N) is 2. The Morgan fingerprint density at radius 1 is 1.42 bits per heavy atom. The normalized spacial score (nSPS) is 13.3. The van der Waals surface area contributed by atoms with E-state index in [4.69, 9.17) is 16.3 Å². The van der Waals surface area contributed by atoms with Gasteiger partial charge in [-0.25, -0.2) is 4.98 Å². The Bertz CT molecular complexity index is 828. The van der Waals surface area contributed by atoms with Crippen molar-refractivity contribution in [3.8, 4) is 5.75 Å². The lowest BCUT2D eigenvalue weighted by Gasteiger charge is -2.27. The minimum atomic E-state index is -0.344. The largest absolute Gasteiger partial charge is 0.480 e. The molecule has 0 aliphatic carbocycles. The number of carbonyl (C=O) groups is 2. The summed E-state index contributed by atoms with van der Waals surface area (Å²) in [5.41, 5.74) is 1.48. The molecule has 1 N–H and O–H groups in total. The van der Waals surface area contributed by atoms with E-state index in [1.165, 1.54) is 4.90 Å². The first-order valence-corrected chi connectivity index (χ1v) is 8.27. The van der Waals surface area contributed by atoms with Gasteiger partial charge in [-0.05, 0) is 52.7 Å². The van der Waals surface area contributed by atoms with E-state index in [9.17, 15) is 9.59 Å². The third-order valence-electron chi connectivity index (χ3n) is 3.49. The molecule has 0 radical (unpaired) electrons. The molecule has 1 aliphatic heterocycles. The molecule has 2 heterocycles. The second kappa shape index (κ2) is 6.78. The molecule has 0 unspecified atom stereocenters. The molecular formula is C16H13BrClN3O3. The summed E-state index contributed by atoms with van der Waals surface area (Å²) in [7, 11) is 0. The highest BCUT2D eigenvalue weighted by Crippen LogP contribution is 2.31. The zero-order valence-electron chi connectivity index (χ0n) is 12.7. The summed E-state index contributed by atoms with van der Waals surface area (Å²) in [6, 6.07) is 8.63. The summed E-state index contributed by atoms with van der Waals surface area (Å²) in [5.74, 6) is 0.109.